The number of carbonyl (C=O) groups is 2. The van der Waals surface area contributed by atoms with E-state index in [1.165, 1.54) is 4.90 Å². The number of ether oxygens (including phenoxy) is 1. The summed E-state index contributed by atoms with van der Waals surface area (Å²) in [5.41, 5.74) is 5.98. The first kappa shape index (κ1) is 28.0. The molecule has 10 heteroatoms. The third kappa shape index (κ3) is 6.17. The van der Waals surface area contributed by atoms with Crippen LogP contribution in [-0.2, 0) is 18.9 Å². The molecule has 1 amide bonds. The van der Waals surface area contributed by atoms with E-state index < -0.39 is 0 Å². The number of Topliss-reactive ketones (excluding diaryl/α,β-unsaturated/α-hetero) is 1. The third-order valence-electron chi connectivity index (χ3n) is 6.15. The molecule has 0 aromatic heterocycles. The van der Waals surface area contributed by atoms with E-state index in [9.17, 15) is 9.59 Å². The molecule has 0 bridgehead atoms. The first-order valence-electron chi connectivity index (χ1n) is 12.7. The molecule has 2 aliphatic rings. The van der Waals surface area contributed by atoms with E-state index in [1.54, 1.807) is 13.1 Å². The van der Waals surface area contributed by atoms with Gasteiger partial charge < -0.3 is 19.9 Å². The van der Waals surface area contributed by atoms with Crippen LogP contribution in [0.4, 0.5) is 0 Å². The Morgan fingerprint density at radius 3 is 2.39 bits per heavy atom. The van der Waals surface area contributed by atoms with Crippen LogP contribution in [0.1, 0.15) is 34.8 Å². The van der Waals surface area contributed by atoms with Crippen molar-refractivity contribution in [3.63, 3.8) is 0 Å². The number of ketones is 1. The quantitative estimate of drug-likeness (QED) is 0.162. The number of likely N-dealkylation sites (N-methyl/N-ethyl adjacent to an activating group) is 2. The van der Waals surface area contributed by atoms with E-state index in [0.29, 0.717) is 46.9 Å². The van der Waals surface area contributed by atoms with Crippen LogP contribution in [-0.4, -0.2) is 75.4 Å². The fraction of sp³-hybridized carbons (Fsp3) is 0.357. The molecule has 2 aromatic carbocycles. The normalized spacial score (nSPS) is 15.0. The summed E-state index contributed by atoms with van der Waals surface area (Å²) < 4.78 is 11.2. The van der Waals surface area contributed by atoms with Gasteiger partial charge in [0.1, 0.15) is 5.76 Å². The highest BCUT2D eigenvalue weighted by molar-refractivity contribution is 7.94. The Morgan fingerprint density at radius 1 is 0.947 bits per heavy atom. The number of nitrogens with zero attached hydrogens (tertiary/aromatic N) is 2. The topological polar surface area (TPSA) is 92.4 Å². The van der Waals surface area contributed by atoms with Gasteiger partial charge in [0.25, 0.3) is 5.91 Å². The van der Waals surface area contributed by atoms with Gasteiger partial charge >= 0.3 is 0 Å². The Balaban J connectivity index is 1.45. The summed E-state index contributed by atoms with van der Waals surface area (Å²) in [5.74, 6) is 0.0491. The molecule has 0 saturated heterocycles. The second-order valence-electron chi connectivity index (χ2n) is 9.22. The zero-order valence-electron chi connectivity index (χ0n) is 22.2. The minimum absolute atomic E-state index is 0.176. The zero-order valence-corrected chi connectivity index (χ0v) is 23.0. The second kappa shape index (κ2) is 13.2. The van der Waals surface area contributed by atoms with Gasteiger partial charge in [0.15, 0.2) is 5.78 Å². The summed E-state index contributed by atoms with van der Waals surface area (Å²) in [7, 11) is 5.75. The van der Waals surface area contributed by atoms with Crippen molar-refractivity contribution in [1.82, 2.24) is 20.6 Å². The molecule has 38 heavy (non-hydrogen) atoms. The van der Waals surface area contributed by atoms with Crippen LogP contribution >= 0.6 is 12.0 Å². The average Bonchev–Trinajstić information content (AvgIpc) is 3.18. The second-order valence-corrected chi connectivity index (χ2v) is 10.00. The predicted octanol–water partition coefficient (Wildman–Crippen LogP) is 3.52. The maximum Gasteiger partial charge on any atom is 0.262 e. The van der Waals surface area contributed by atoms with Crippen molar-refractivity contribution in [1.29, 1.82) is 0 Å². The Bertz CT molecular complexity index is 1230. The van der Waals surface area contributed by atoms with Gasteiger partial charge in [-0.1, -0.05) is 43.3 Å². The van der Waals surface area contributed by atoms with Crippen LogP contribution in [0.2, 0.25) is 0 Å². The minimum atomic E-state index is -0.249. The molecule has 2 aromatic rings. The smallest absolute Gasteiger partial charge is 0.262 e. The molecule has 0 unspecified atom stereocenters. The molecule has 0 saturated carbocycles. The molecule has 1 aliphatic heterocycles. The summed E-state index contributed by atoms with van der Waals surface area (Å²) in [5, 5.41) is 3.29. The van der Waals surface area contributed by atoms with Gasteiger partial charge in [-0.05, 0) is 38.2 Å². The van der Waals surface area contributed by atoms with Crippen molar-refractivity contribution in [3.05, 3.63) is 76.4 Å². The van der Waals surface area contributed by atoms with E-state index in [4.69, 9.17) is 14.1 Å². The summed E-state index contributed by atoms with van der Waals surface area (Å²) in [6.07, 6.45) is 0.789. The van der Waals surface area contributed by atoms with Gasteiger partial charge in [0.05, 0.1) is 35.5 Å². The first-order chi connectivity index (χ1) is 18.4. The predicted molar refractivity (Wildman–Crippen MR) is 148 cm³/mol. The maximum atomic E-state index is 13.6. The van der Waals surface area contributed by atoms with Crippen LogP contribution in [0.25, 0.3) is 11.5 Å². The molecule has 1 aliphatic carbocycles. The van der Waals surface area contributed by atoms with Crippen molar-refractivity contribution in [2.45, 2.75) is 18.2 Å². The lowest BCUT2D eigenvalue weighted by molar-refractivity contribution is -0.244. The van der Waals surface area contributed by atoms with Gasteiger partial charge in [-0.2, -0.15) is 5.48 Å². The lowest BCUT2D eigenvalue weighted by Gasteiger charge is -2.21. The van der Waals surface area contributed by atoms with E-state index in [1.807, 2.05) is 63.5 Å². The Kier molecular flexibility index (Phi) is 9.73. The fourth-order valence-corrected chi connectivity index (χ4v) is 4.70. The number of hydrogen-bond acceptors (Lipinski definition) is 9. The van der Waals surface area contributed by atoms with Crippen molar-refractivity contribution in [2.24, 2.45) is 0 Å². The molecule has 202 valence electrons. The molecule has 0 radical (unpaired) electrons. The first-order valence-corrected chi connectivity index (χ1v) is 13.4. The number of hydrogen-bond donors (Lipinski definition) is 2. The van der Waals surface area contributed by atoms with Crippen LogP contribution in [0.3, 0.4) is 0 Å². The highest BCUT2D eigenvalue weighted by Gasteiger charge is 2.44. The fourth-order valence-electron chi connectivity index (χ4n) is 4.29. The number of nitrogens with one attached hydrogen (secondary N) is 2. The van der Waals surface area contributed by atoms with Crippen molar-refractivity contribution >= 4 is 35.2 Å². The Labute approximate surface area is 227 Å². The third-order valence-corrected chi connectivity index (χ3v) is 6.75. The van der Waals surface area contributed by atoms with Gasteiger partial charge in [-0.15, -0.1) is 9.32 Å². The highest BCUT2D eigenvalue weighted by Crippen LogP contribution is 2.45. The lowest BCUT2D eigenvalue weighted by Crippen LogP contribution is -2.32. The van der Waals surface area contributed by atoms with E-state index in [2.05, 4.69) is 15.7 Å². The number of carbonyl (C=O) groups excluding carboxylic acids is 2. The molecule has 2 N–H and O–H groups in total. The van der Waals surface area contributed by atoms with Crippen LogP contribution in [0.5, 0.6) is 0 Å². The largest absolute Gasteiger partial charge is 0.492 e. The van der Waals surface area contributed by atoms with Crippen molar-refractivity contribution in [3.8, 4) is 0 Å². The monoisotopic (exact) mass is 538 g/mol. The number of fused-ring (bicyclic) bond motifs is 2. The minimum Gasteiger partial charge on any atom is -0.492 e. The van der Waals surface area contributed by atoms with Crippen LogP contribution in [0, 0.1) is 0 Å². The number of amides is 1. The maximum absolute atomic E-state index is 13.6. The SMILES string of the molecule is CCCOC1=C2C(=O)N(C)C(c3ccc(SOONCCNCCN(C)C)cc3)=C2C(=O)c2ccccc21. The summed E-state index contributed by atoms with van der Waals surface area (Å²) in [6, 6.07) is 14.7. The standard InChI is InChI=1S/C28H34N4O5S/c1-5-18-35-27-22-9-7-6-8-21(22)26(33)23-24(27)28(34)32(4)25(23)19-10-12-20(13-11-19)38-37-36-30-15-14-29-16-17-31(2)3/h6-13,29-30H,5,14-18H2,1-4H3. The van der Waals surface area contributed by atoms with Gasteiger partial charge in [0.2, 0.25) is 0 Å². The molecule has 0 fully saturated rings. The lowest BCUT2D eigenvalue weighted by atomic mass is 9.85. The van der Waals surface area contributed by atoms with Gasteiger partial charge in [0, 0.05) is 49.2 Å². The summed E-state index contributed by atoms with van der Waals surface area (Å²) in [6.45, 7) is 5.69. The molecule has 4 rings (SSSR count). The highest BCUT2D eigenvalue weighted by atomic mass is 32.2. The zero-order chi connectivity index (χ0) is 27.1. The van der Waals surface area contributed by atoms with Gasteiger partial charge in [-0.25, -0.2) is 0 Å². The molecule has 9 nitrogen and oxygen atoms in total. The van der Waals surface area contributed by atoms with Crippen LogP contribution < -0.4 is 10.8 Å². The van der Waals surface area contributed by atoms with Crippen molar-refractivity contribution < 1.29 is 23.6 Å². The van der Waals surface area contributed by atoms with E-state index in [-0.39, 0.29) is 11.7 Å². The molecule has 1 heterocycles. The average molecular weight is 539 g/mol. The van der Waals surface area contributed by atoms with Crippen molar-refractivity contribution in [2.75, 3.05) is 53.9 Å². The summed E-state index contributed by atoms with van der Waals surface area (Å²) in [4.78, 5) is 36.4. The van der Waals surface area contributed by atoms with E-state index in [0.717, 1.165) is 48.6 Å². The molecular formula is C28H34N4O5S. The molecule has 0 spiro atoms. The number of benzene rings is 2. The number of rotatable bonds is 14. The molecular weight excluding hydrogens is 504 g/mol. The summed E-state index contributed by atoms with van der Waals surface area (Å²) >= 11 is 1.06. The number of hydroxylamine groups is 1. The van der Waals surface area contributed by atoms with E-state index >= 15 is 0 Å². The molecule has 0 atom stereocenters. The van der Waals surface area contributed by atoms with Crippen LogP contribution in [0.15, 0.2) is 64.6 Å². The Hall–Kier alpha value is -2.99. The Morgan fingerprint density at radius 2 is 1.68 bits per heavy atom. The van der Waals surface area contributed by atoms with Gasteiger partial charge in [-0.3, -0.25) is 9.59 Å².